The van der Waals surface area contributed by atoms with E-state index in [1.165, 1.54) is 18.2 Å². The van der Waals surface area contributed by atoms with Gasteiger partial charge in [0.25, 0.3) is 0 Å². The van der Waals surface area contributed by atoms with Crippen molar-refractivity contribution in [2.75, 3.05) is 32.1 Å². The van der Waals surface area contributed by atoms with Gasteiger partial charge in [-0.15, -0.1) is 0 Å². The van der Waals surface area contributed by atoms with Gasteiger partial charge in [0.2, 0.25) is 39.6 Å². The summed E-state index contributed by atoms with van der Waals surface area (Å²) in [7, 11) is -0.705. The number of phenols is 1. The van der Waals surface area contributed by atoms with Crippen molar-refractivity contribution in [2.24, 2.45) is 23.1 Å². The lowest BCUT2D eigenvalue weighted by Crippen LogP contribution is -2.59. The van der Waals surface area contributed by atoms with E-state index < -0.39 is 69.8 Å². The van der Waals surface area contributed by atoms with E-state index in [9.17, 15) is 37.5 Å². The SMILES string of the molecule is CC(C)C[C@H](NC(=O)[C@H](Cc1ccccc1)NC(=O)[C@H](CCCCN)NC(=O)[C@H](CCCCN)NC(=O)[C@H](Cc1ccc(O)cc1)NS(=O)(=O)c1cccc2c(N(C)C)cccc12)C(N)=O. The quantitative estimate of drug-likeness (QED) is 0.0392. The summed E-state index contributed by atoms with van der Waals surface area (Å²) in [6.45, 7) is 4.38. The first-order chi connectivity index (χ1) is 31.4. The highest BCUT2D eigenvalue weighted by atomic mass is 32.2. The molecule has 0 aliphatic heterocycles. The molecule has 4 aromatic rings. The number of fused-ring (bicyclic) bond motifs is 1. The Hall–Kier alpha value is -6.08. The van der Waals surface area contributed by atoms with Crippen LogP contribution >= 0.6 is 0 Å². The van der Waals surface area contributed by atoms with Gasteiger partial charge in [0.05, 0.1) is 4.90 Å². The molecule has 0 saturated heterocycles. The zero-order valence-corrected chi connectivity index (χ0v) is 39.1. The van der Waals surface area contributed by atoms with Gasteiger partial charge in [0, 0.05) is 37.0 Å². The predicted octanol–water partition coefficient (Wildman–Crippen LogP) is 2.47. The van der Waals surface area contributed by atoms with Crippen LogP contribution in [0.25, 0.3) is 10.8 Å². The van der Waals surface area contributed by atoms with Crippen LogP contribution < -0.4 is 48.1 Å². The Morgan fingerprint density at radius 2 is 1.08 bits per heavy atom. The number of benzene rings is 4. The van der Waals surface area contributed by atoms with Gasteiger partial charge in [0.1, 0.15) is 36.0 Å². The van der Waals surface area contributed by atoms with Crippen molar-refractivity contribution in [3.8, 4) is 5.75 Å². The van der Waals surface area contributed by atoms with E-state index in [0.717, 1.165) is 11.3 Å². The van der Waals surface area contributed by atoms with Crippen LogP contribution in [0.2, 0.25) is 0 Å². The van der Waals surface area contributed by atoms with E-state index in [-0.39, 0.29) is 48.7 Å². The number of sulfonamides is 1. The topological polar surface area (TPSA) is 281 Å². The van der Waals surface area contributed by atoms with Gasteiger partial charge in [-0.05, 0) is 106 Å². The zero-order valence-electron chi connectivity index (χ0n) is 38.3. The Morgan fingerprint density at radius 1 is 0.591 bits per heavy atom. The minimum absolute atomic E-state index is 0.0227. The fourth-order valence-electron chi connectivity index (χ4n) is 7.58. The number of nitrogens with one attached hydrogen (secondary N) is 5. The van der Waals surface area contributed by atoms with Crippen molar-refractivity contribution in [1.29, 1.82) is 0 Å². The summed E-state index contributed by atoms with van der Waals surface area (Å²) in [5.74, 6) is -3.59. The highest BCUT2D eigenvalue weighted by Crippen LogP contribution is 2.30. The average molecular weight is 930 g/mol. The van der Waals surface area contributed by atoms with Crippen LogP contribution in [0.5, 0.6) is 5.75 Å². The number of phenolic OH excluding ortho intramolecular Hbond substituents is 1. The molecule has 12 N–H and O–H groups in total. The van der Waals surface area contributed by atoms with Gasteiger partial charge < -0.3 is 48.5 Å². The molecule has 0 heterocycles. The van der Waals surface area contributed by atoms with Crippen LogP contribution in [0.15, 0.2) is 95.9 Å². The molecule has 0 aliphatic rings. The number of aromatic hydroxyl groups is 1. The summed E-state index contributed by atoms with van der Waals surface area (Å²) >= 11 is 0. The minimum Gasteiger partial charge on any atom is -0.508 e. The number of rotatable bonds is 27. The average Bonchev–Trinajstić information content (AvgIpc) is 3.27. The van der Waals surface area contributed by atoms with Crippen LogP contribution in [0, 0.1) is 5.92 Å². The van der Waals surface area contributed by atoms with Crippen molar-refractivity contribution in [2.45, 2.75) is 107 Å². The first-order valence-electron chi connectivity index (χ1n) is 22.4. The van der Waals surface area contributed by atoms with Crippen LogP contribution in [0.3, 0.4) is 0 Å². The van der Waals surface area contributed by atoms with Gasteiger partial charge in [-0.2, -0.15) is 4.72 Å². The van der Waals surface area contributed by atoms with Gasteiger partial charge in [-0.3, -0.25) is 24.0 Å². The molecule has 66 heavy (non-hydrogen) atoms. The normalized spacial score (nSPS) is 13.8. The van der Waals surface area contributed by atoms with Gasteiger partial charge in [-0.25, -0.2) is 8.42 Å². The summed E-state index contributed by atoms with van der Waals surface area (Å²) in [4.78, 5) is 71.0. The summed E-state index contributed by atoms with van der Waals surface area (Å²) < 4.78 is 31.2. The first kappa shape index (κ1) is 52.5. The minimum atomic E-state index is -4.40. The molecule has 5 atom stereocenters. The third kappa shape index (κ3) is 15.8. The molecule has 0 spiro atoms. The van der Waals surface area contributed by atoms with Crippen molar-refractivity contribution in [1.82, 2.24) is 26.0 Å². The molecular weight excluding hydrogens is 863 g/mol. The van der Waals surface area contributed by atoms with E-state index in [1.807, 2.05) is 51.0 Å². The molecule has 0 fully saturated rings. The first-order valence-corrected chi connectivity index (χ1v) is 23.9. The lowest BCUT2D eigenvalue weighted by Gasteiger charge is -2.27. The number of hydrogen-bond acceptors (Lipinski definition) is 11. The second-order valence-electron chi connectivity index (χ2n) is 17.1. The second-order valence-corrected chi connectivity index (χ2v) is 18.8. The highest BCUT2D eigenvalue weighted by Gasteiger charge is 2.34. The Kier molecular flexibility index (Phi) is 20.4. The molecule has 0 unspecified atom stereocenters. The molecule has 0 bridgehead atoms. The number of amides is 5. The van der Waals surface area contributed by atoms with Crippen molar-refractivity contribution < 1.29 is 37.5 Å². The van der Waals surface area contributed by atoms with E-state index in [1.54, 1.807) is 54.6 Å². The molecule has 0 radical (unpaired) electrons. The monoisotopic (exact) mass is 929 g/mol. The third-order valence-corrected chi connectivity index (χ3v) is 12.6. The van der Waals surface area contributed by atoms with Crippen LogP contribution in [-0.2, 0) is 46.8 Å². The number of unbranched alkanes of at least 4 members (excludes halogenated alkanes) is 2. The number of primary amides is 1. The summed E-state index contributed by atoms with van der Waals surface area (Å²) in [5, 5.41) is 22.1. The third-order valence-electron chi connectivity index (χ3n) is 11.1. The Labute approximate surface area is 388 Å². The maximum absolute atomic E-state index is 14.4. The molecule has 18 heteroatoms. The second kappa shape index (κ2) is 25.6. The standard InChI is InChI=1S/C48H67N9O8S/c1-31(2)28-39(44(51)59)54-47(62)40(29-32-14-6-5-7-15-32)55-46(61)38(19-9-11-27-50)52-45(60)37(18-8-10-26-49)53-48(63)41(30-33-22-24-34(58)25-23-33)56-66(64,65)43-21-13-16-35-36(43)17-12-20-42(35)57(3)4/h5-7,12-17,20-25,31,37-41,56,58H,8-11,18-19,26-30,49-50H2,1-4H3,(H2,51,59)(H,52,60)(H,53,63)(H,54,62)(H,55,61)/t37-,38-,39-,40-,41-/m0/s1. The van der Waals surface area contributed by atoms with Crippen molar-refractivity contribution >= 4 is 56.0 Å². The van der Waals surface area contributed by atoms with Crippen LogP contribution in [0.1, 0.15) is 69.9 Å². The summed E-state index contributed by atoms with van der Waals surface area (Å²) in [6.07, 6.45) is 2.23. The highest BCUT2D eigenvalue weighted by molar-refractivity contribution is 7.89. The fraction of sp³-hybridized carbons (Fsp3) is 0.438. The van der Waals surface area contributed by atoms with Crippen molar-refractivity contribution in [3.05, 3.63) is 102 Å². The predicted molar refractivity (Wildman–Crippen MR) is 257 cm³/mol. The maximum atomic E-state index is 14.4. The molecule has 4 rings (SSSR count). The lowest BCUT2D eigenvalue weighted by atomic mass is 10.0. The number of nitrogens with zero attached hydrogens (tertiary/aromatic N) is 1. The molecule has 0 saturated carbocycles. The maximum Gasteiger partial charge on any atom is 0.243 e. The summed E-state index contributed by atoms with van der Waals surface area (Å²) in [5.41, 5.74) is 19.3. The molecule has 5 amide bonds. The van der Waals surface area contributed by atoms with Crippen LogP contribution in [0.4, 0.5) is 5.69 Å². The van der Waals surface area contributed by atoms with E-state index in [0.29, 0.717) is 55.1 Å². The number of carbonyl (C=O) groups excluding carboxylic acids is 5. The van der Waals surface area contributed by atoms with E-state index in [2.05, 4.69) is 26.0 Å². The number of nitrogens with two attached hydrogens (primary N) is 3. The molecule has 0 aliphatic carbocycles. The Morgan fingerprint density at radius 3 is 1.62 bits per heavy atom. The largest absolute Gasteiger partial charge is 0.508 e. The number of hydrogen-bond donors (Lipinski definition) is 9. The lowest BCUT2D eigenvalue weighted by molar-refractivity contribution is -0.134. The van der Waals surface area contributed by atoms with E-state index >= 15 is 0 Å². The molecule has 17 nitrogen and oxygen atoms in total. The molecular formula is C48H67N9O8S. The zero-order chi connectivity index (χ0) is 48.4. The molecule has 358 valence electrons. The van der Waals surface area contributed by atoms with E-state index in [4.69, 9.17) is 17.2 Å². The smallest absolute Gasteiger partial charge is 0.243 e. The molecule has 0 aromatic heterocycles. The van der Waals surface area contributed by atoms with Gasteiger partial charge >= 0.3 is 0 Å². The molecule has 4 aromatic carbocycles. The van der Waals surface area contributed by atoms with Gasteiger partial charge in [0.15, 0.2) is 0 Å². The van der Waals surface area contributed by atoms with Crippen molar-refractivity contribution in [3.63, 3.8) is 0 Å². The number of carbonyl (C=O) groups is 5. The summed E-state index contributed by atoms with van der Waals surface area (Å²) in [6, 6.07) is 19.0. The Bertz CT molecular complexity index is 2350. The van der Waals surface area contributed by atoms with Crippen LogP contribution in [-0.4, -0.2) is 100 Å². The van der Waals surface area contributed by atoms with Gasteiger partial charge in [-0.1, -0.05) is 80.6 Å². The number of anilines is 1. The Balaban J connectivity index is 1.65. The fourth-order valence-corrected chi connectivity index (χ4v) is 9.00.